The van der Waals surface area contributed by atoms with Crippen molar-refractivity contribution in [3.05, 3.63) is 34.6 Å². The summed E-state index contributed by atoms with van der Waals surface area (Å²) in [5, 5.41) is 0.224. The van der Waals surface area contributed by atoms with E-state index in [2.05, 4.69) is 13.8 Å². The first-order valence-corrected chi connectivity index (χ1v) is 5.92. The minimum atomic E-state index is -0.359. The van der Waals surface area contributed by atoms with E-state index in [4.69, 9.17) is 23.2 Å². The maximum atomic E-state index is 13.2. The Morgan fingerprint density at radius 1 is 1.40 bits per heavy atom. The molecule has 1 aromatic rings. The van der Waals surface area contributed by atoms with E-state index in [1.807, 2.05) is 6.07 Å². The lowest BCUT2D eigenvalue weighted by molar-refractivity contribution is 0.355. The first kappa shape index (κ1) is 12.8. The number of hydrogen-bond donors (Lipinski definition) is 0. The molecule has 15 heavy (non-hydrogen) atoms. The highest BCUT2D eigenvalue weighted by Crippen LogP contribution is 2.31. The van der Waals surface area contributed by atoms with Gasteiger partial charge in [0, 0.05) is 5.88 Å². The average Bonchev–Trinajstić information content (AvgIpc) is 2.25. The smallest absolute Gasteiger partial charge is 0.142 e. The van der Waals surface area contributed by atoms with Gasteiger partial charge < -0.3 is 0 Å². The van der Waals surface area contributed by atoms with E-state index in [9.17, 15) is 4.39 Å². The molecule has 1 atom stereocenters. The molecule has 1 rings (SSSR count). The molecule has 0 N–H and O–H groups in total. The van der Waals surface area contributed by atoms with Crippen LogP contribution in [0, 0.1) is 11.2 Å². The van der Waals surface area contributed by atoms with E-state index in [0.717, 1.165) is 12.0 Å². The van der Waals surface area contributed by atoms with Crippen LogP contribution in [0.3, 0.4) is 0 Å². The molecule has 0 radical (unpaired) electrons. The molecule has 1 unspecified atom stereocenters. The average molecular weight is 249 g/mol. The van der Waals surface area contributed by atoms with Crippen molar-refractivity contribution in [2.75, 3.05) is 5.88 Å². The number of alkyl halides is 1. The van der Waals surface area contributed by atoms with Crippen molar-refractivity contribution in [2.24, 2.45) is 5.41 Å². The third-order valence-corrected chi connectivity index (χ3v) is 3.89. The summed E-state index contributed by atoms with van der Waals surface area (Å²) < 4.78 is 13.2. The largest absolute Gasteiger partial charge is 0.205 e. The van der Waals surface area contributed by atoms with E-state index in [0.29, 0.717) is 12.3 Å². The van der Waals surface area contributed by atoms with Gasteiger partial charge in [-0.15, -0.1) is 11.6 Å². The van der Waals surface area contributed by atoms with Crippen molar-refractivity contribution >= 4 is 23.2 Å². The molecule has 0 spiro atoms. The fourth-order valence-electron chi connectivity index (χ4n) is 1.41. The predicted octanol–water partition coefficient (Wildman–Crippen LogP) is 4.68. The van der Waals surface area contributed by atoms with E-state index < -0.39 is 0 Å². The third-order valence-electron chi connectivity index (χ3n) is 2.82. The topological polar surface area (TPSA) is 0 Å². The van der Waals surface area contributed by atoms with Crippen LogP contribution in [0.5, 0.6) is 0 Å². The van der Waals surface area contributed by atoms with Crippen molar-refractivity contribution in [3.8, 4) is 0 Å². The Kier molecular flexibility index (Phi) is 4.42. The van der Waals surface area contributed by atoms with Gasteiger partial charge in [-0.05, 0) is 29.9 Å². The van der Waals surface area contributed by atoms with Crippen LogP contribution in [-0.4, -0.2) is 5.88 Å². The Balaban J connectivity index is 2.94. The Hall–Kier alpha value is -0.270. The fraction of sp³-hybridized carbons (Fsp3) is 0.500. The van der Waals surface area contributed by atoms with Gasteiger partial charge in [-0.25, -0.2) is 4.39 Å². The maximum Gasteiger partial charge on any atom is 0.142 e. The van der Waals surface area contributed by atoms with E-state index in [1.54, 1.807) is 6.07 Å². The lowest BCUT2D eigenvalue weighted by atomic mass is 9.83. The van der Waals surface area contributed by atoms with Crippen LogP contribution in [0.1, 0.15) is 25.8 Å². The lowest BCUT2D eigenvalue weighted by Gasteiger charge is -2.25. The summed E-state index contributed by atoms with van der Waals surface area (Å²) in [6.45, 7) is 4.16. The second-order valence-corrected chi connectivity index (χ2v) is 4.83. The van der Waals surface area contributed by atoms with E-state index in [1.165, 1.54) is 6.07 Å². The highest BCUT2D eigenvalue weighted by Gasteiger charge is 2.23. The molecule has 0 aliphatic carbocycles. The number of halogens is 3. The van der Waals surface area contributed by atoms with Gasteiger partial charge in [-0.2, -0.15) is 0 Å². The highest BCUT2D eigenvalue weighted by molar-refractivity contribution is 6.31. The van der Waals surface area contributed by atoms with Crippen LogP contribution >= 0.6 is 23.2 Å². The molecule has 84 valence electrons. The second-order valence-electron chi connectivity index (χ2n) is 4.19. The van der Waals surface area contributed by atoms with Gasteiger partial charge in [-0.3, -0.25) is 0 Å². The zero-order valence-electron chi connectivity index (χ0n) is 8.99. The van der Waals surface area contributed by atoms with Crippen molar-refractivity contribution in [3.63, 3.8) is 0 Å². The molecule has 0 saturated heterocycles. The van der Waals surface area contributed by atoms with Crippen LogP contribution in [-0.2, 0) is 6.42 Å². The monoisotopic (exact) mass is 248 g/mol. The van der Waals surface area contributed by atoms with Gasteiger partial charge in [0.05, 0.1) is 5.02 Å². The Morgan fingerprint density at radius 3 is 2.60 bits per heavy atom. The summed E-state index contributed by atoms with van der Waals surface area (Å²) in [5.74, 6) is 0.193. The minimum absolute atomic E-state index is 0.0149. The standard InChI is InChI=1S/C12H15Cl2F/c1-3-12(2,8-13)7-9-5-4-6-10(15)11(9)14/h4-6H,3,7-8H2,1-2H3. The molecule has 0 fully saturated rings. The van der Waals surface area contributed by atoms with Crippen LogP contribution < -0.4 is 0 Å². The molecule has 1 aromatic carbocycles. The summed E-state index contributed by atoms with van der Waals surface area (Å²) in [6.07, 6.45) is 1.66. The van der Waals surface area contributed by atoms with Crippen LogP contribution in [0.4, 0.5) is 4.39 Å². The van der Waals surface area contributed by atoms with Crippen LogP contribution in [0.2, 0.25) is 5.02 Å². The summed E-state index contributed by atoms with van der Waals surface area (Å²) >= 11 is 11.8. The summed E-state index contributed by atoms with van der Waals surface area (Å²) in [4.78, 5) is 0. The van der Waals surface area contributed by atoms with Crippen molar-refractivity contribution < 1.29 is 4.39 Å². The van der Waals surface area contributed by atoms with Crippen LogP contribution in [0.25, 0.3) is 0 Å². The normalized spacial score (nSPS) is 15.0. The van der Waals surface area contributed by atoms with Crippen molar-refractivity contribution in [2.45, 2.75) is 26.7 Å². The molecule has 0 amide bonds. The summed E-state index contributed by atoms with van der Waals surface area (Å²) in [7, 11) is 0. The first-order valence-electron chi connectivity index (χ1n) is 5.01. The molecule has 0 saturated carbocycles. The van der Waals surface area contributed by atoms with Crippen LogP contribution in [0.15, 0.2) is 18.2 Å². The lowest BCUT2D eigenvalue weighted by Crippen LogP contribution is -2.20. The Labute approximate surface area is 100 Å². The molecule has 0 bridgehead atoms. The van der Waals surface area contributed by atoms with Gasteiger partial charge in [0.15, 0.2) is 0 Å². The van der Waals surface area contributed by atoms with Crippen molar-refractivity contribution in [1.82, 2.24) is 0 Å². The second kappa shape index (κ2) is 5.18. The minimum Gasteiger partial charge on any atom is -0.205 e. The summed E-state index contributed by atoms with van der Waals surface area (Å²) in [5.41, 5.74) is 0.820. The predicted molar refractivity (Wildman–Crippen MR) is 64.2 cm³/mol. The zero-order valence-corrected chi connectivity index (χ0v) is 10.5. The Morgan fingerprint density at radius 2 is 2.07 bits per heavy atom. The van der Waals surface area contributed by atoms with Crippen molar-refractivity contribution in [1.29, 1.82) is 0 Å². The Bertz CT molecular complexity index is 332. The quantitative estimate of drug-likeness (QED) is 0.680. The zero-order chi connectivity index (χ0) is 11.5. The number of hydrogen-bond acceptors (Lipinski definition) is 0. The van der Waals surface area contributed by atoms with Gasteiger partial charge in [0.1, 0.15) is 5.82 Å². The van der Waals surface area contributed by atoms with E-state index in [-0.39, 0.29) is 16.3 Å². The first-order chi connectivity index (χ1) is 7.02. The molecule has 0 heterocycles. The fourth-order valence-corrected chi connectivity index (χ4v) is 1.89. The van der Waals surface area contributed by atoms with Gasteiger partial charge in [0.25, 0.3) is 0 Å². The maximum absolute atomic E-state index is 13.2. The number of benzene rings is 1. The SMILES string of the molecule is CCC(C)(CCl)Cc1cccc(F)c1Cl. The molecule has 0 nitrogen and oxygen atoms in total. The summed E-state index contributed by atoms with van der Waals surface area (Å²) in [6, 6.07) is 4.91. The third kappa shape index (κ3) is 3.09. The molecule has 0 aliphatic heterocycles. The number of rotatable bonds is 4. The van der Waals surface area contributed by atoms with E-state index >= 15 is 0 Å². The molecule has 0 aliphatic rings. The molecule has 3 heteroatoms. The van der Waals surface area contributed by atoms with Gasteiger partial charge in [-0.1, -0.05) is 37.6 Å². The molecular weight excluding hydrogens is 234 g/mol. The highest BCUT2D eigenvalue weighted by atomic mass is 35.5. The van der Waals surface area contributed by atoms with Gasteiger partial charge in [0.2, 0.25) is 0 Å². The van der Waals surface area contributed by atoms with Gasteiger partial charge >= 0.3 is 0 Å². The molecule has 0 aromatic heterocycles. The molecular formula is C12H15Cl2F.